The van der Waals surface area contributed by atoms with Gasteiger partial charge in [0.15, 0.2) is 0 Å². The molecule has 0 fully saturated rings. The molecule has 25 heavy (non-hydrogen) atoms. The van der Waals surface area contributed by atoms with Crippen LogP contribution in [0.2, 0.25) is 5.02 Å². The largest absolute Gasteiger partial charge is 0.417 e. The van der Waals surface area contributed by atoms with E-state index in [-0.39, 0.29) is 6.42 Å². The zero-order valence-electron chi connectivity index (χ0n) is 12.8. The van der Waals surface area contributed by atoms with E-state index in [0.717, 1.165) is 12.1 Å². The van der Waals surface area contributed by atoms with Gasteiger partial charge in [-0.3, -0.25) is 9.59 Å². The maximum atomic E-state index is 13.0. The number of benzene rings is 2. The number of hydrogen-bond donors (Lipinski definition) is 2. The van der Waals surface area contributed by atoms with E-state index in [4.69, 9.17) is 17.3 Å². The molecule has 0 radical (unpaired) electrons. The molecule has 0 bridgehead atoms. The van der Waals surface area contributed by atoms with Crippen molar-refractivity contribution < 1.29 is 22.8 Å². The van der Waals surface area contributed by atoms with Gasteiger partial charge < -0.3 is 11.1 Å². The van der Waals surface area contributed by atoms with Gasteiger partial charge in [0, 0.05) is 11.4 Å². The lowest BCUT2D eigenvalue weighted by Gasteiger charge is -2.18. The number of amides is 2. The molecule has 0 aliphatic rings. The van der Waals surface area contributed by atoms with Crippen molar-refractivity contribution in [2.75, 3.05) is 0 Å². The predicted octanol–water partition coefficient (Wildman–Crippen LogP) is 3.19. The van der Waals surface area contributed by atoms with Crippen LogP contribution in [-0.4, -0.2) is 17.9 Å². The van der Waals surface area contributed by atoms with E-state index in [1.807, 2.05) is 0 Å². The van der Waals surface area contributed by atoms with Crippen molar-refractivity contribution in [2.45, 2.75) is 18.6 Å². The van der Waals surface area contributed by atoms with Gasteiger partial charge >= 0.3 is 6.18 Å². The third kappa shape index (κ3) is 4.73. The van der Waals surface area contributed by atoms with Crippen LogP contribution in [0.15, 0.2) is 48.5 Å². The van der Waals surface area contributed by atoms with E-state index in [0.29, 0.717) is 10.6 Å². The molecule has 2 aromatic rings. The fraction of sp³-hybridized carbons (Fsp3) is 0.176. The first-order chi connectivity index (χ1) is 11.7. The Hall–Kier alpha value is -2.54. The topological polar surface area (TPSA) is 72.2 Å². The third-order valence-electron chi connectivity index (χ3n) is 3.51. The van der Waals surface area contributed by atoms with Crippen molar-refractivity contribution in [1.29, 1.82) is 0 Å². The van der Waals surface area contributed by atoms with Crippen LogP contribution in [0.3, 0.4) is 0 Å². The van der Waals surface area contributed by atoms with Gasteiger partial charge in [0.1, 0.15) is 6.04 Å². The lowest BCUT2D eigenvalue weighted by Crippen LogP contribution is -2.46. The van der Waals surface area contributed by atoms with E-state index in [1.54, 1.807) is 24.3 Å². The van der Waals surface area contributed by atoms with Gasteiger partial charge in [-0.2, -0.15) is 13.2 Å². The lowest BCUT2D eigenvalue weighted by atomic mass is 10.0. The van der Waals surface area contributed by atoms with E-state index in [9.17, 15) is 22.8 Å². The second-order valence-electron chi connectivity index (χ2n) is 5.27. The molecule has 2 aromatic carbocycles. The number of nitrogens with two attached hydrogens (primary N) is 1. The van der Waals surface area contributed by atoms with Crippen LogP contribution in [0.5, 0.6) is 0 Å². The van der Waals surface area contributed by atoms with E-state index < -0.39 is 35.2 Å². The summed E-state index contributed by atoms with van der Waals surface area (Å²) in [6, 6.07) is 9.70. The third-order valence-corrected chi connectivity index (χ3v) is 3.88. The molecule has 2 rings (SSSR count). The van der Waals surface area contributed by atoms with Crippen LogP contribution in [0.25, 0.3) is 0 Å². The summed E-state index contributed by atoms with van der Waals surface area (Å²) in [4.78, 5) is 23.9. The molecule has 2 amide bonds. The zero-order chi connectivity index (χ0) is 18.6. The molecule has 0 saturated heterocycles. The molecule has 0 unspecified atom stereocenters. The summed E-state index contributed by atoms with van der Waals surface area (Å²) < 4.78 is 39.0. The molecule has 4 nitrogen and oxygen atoms in total. The second kappa shape index (κ2) is 7.57. The molecule has 3 N–H and O–H groups in total. The Morgan fingerprint density at radius 3 is 2.28 bits per heavy atom. The number of carbonyl (C=O) groups excluding carboxylic acids is 2. The highest BCUT2D eigenvalue weighted by Gasteiger charge is 2.35. The van der Waals surface area contributed by atoms with Gasteiger partial charge in [0.25, 0.3) is 5.91 Å². The molecule has 0 aliphatic carbocycles. The minimum Gasteiger partial charge on any atom is -0.368 e. The summed E-state index contributed by atoms with van der Waals surface area (Å²) in [6.07, 6.45) is -4.73. The van der Waals surface area contributed by atoms with Gasteiger partial charge in [-0.05, 0) is 23.8 Å². The van der Waals surface area contributed by atoms with Crippen molar-refractivity contribution in [3.63, 3.8) is 0 Å². The Morgan fingerprint density at radius 2 is 1.68 bits per heavy atom. The standard InChI is InChI=1S/C17H14ClF3N2O2/c18-13-8-4-1-5-10(13)9-14(15(22)24)23-16(25)11-6-2-3-7-12(11)17(19,20)21/h1-8,14H,9H2,(H2,22,24)(H,23,25)/t14-/m1/s1. The number of halogens is 4. The quantitative estimate of drug-likeness (QED) is 0.848. The average Bonchev–Trinajstić information content (AvgIpc) is 2.55. The van der Waals surface area contributed by atoms with Crippen LogP contribution < -0.4 is 11.1 Å². The predicted molar refractivity (Wildman–Crippen MR) is 87.0 cm³/mol. The van der Waals surface area contributed by atoms with Crippen LogP contribution in [0.1, 0.15) is 21.5 Å². The highest BCUT2D eigenvalue weighted by molar-refractivity contribution is 6.31. The normalized spacial score (nSPS) is 12.5. The second-order valence-corrected chi connectivity index (χ2v) is 5.67. The van der Waals surface area contributed by atoms with Crippen molar-refractivity contribution in [3.8, 4) is 0 Å². The number of nitrogens with one attached hydrogen (secondary N) is 1. The first kappa shape index (κ1) is 18.8. The fourth-order valence-electron chi connectivity index (χ4n) is 2.27. The Kier molecular flexibility index (Phi) is 5.69. The molecule has 0 saturated carbocycles. The van der Waals surface area contributed by atoms with Crippen molar-refractivity contribution in [1.82, 2.24) is 5.32 Å². The summed E-state index contributed by atoms with van der Waals surface area (Å²) in [5, 5.41) is 2.61. The van der Waals surface area contributed by atoms with Gasteiger partial charge in [0.2, 0.25) is 5.91 Å². The van der Waals surface area contributed by atoms with Crippen LogP contribution in [0, 0.1) is 0 Å². The highest BCUT2D eigenvalue weighted by Crippen LogP contribution is 2.31. The molecule has 132 valence electrons. The molecule has 1 atom stereocenters. The summed E-state index contributed by atoms with van der Waals surface area (Å²) in [5.74, 6) is -1.92. The van der Waals surface area contributed by atoms with Crippen molar-refractivity contribution in [2.24, 2.45) is 5.73 Å². The molecular weight excluding hydrogens is 357 g/mol. The monoisotopic (exact) mass is 370 g/mol. The van der Waals surface area contributed by atoms with Crippen molar-refractivity contribution >= 4 is 23.4 Å². The first-order valence-electron chi connectivity index (χ1n) is 7.20. The van der Waals surface area contributed by atoms with Crippen LogP contribution in [0.4, 0.5) is 13.2 Å². The number of primary amides is 1. The number of rotatable bonds is 5. The minimum atomic E-state index is -4.70. The lowest BCUT2D eigenvalue weighted by molar-refractivity contribution is -0.137. The molecular formula is C17H14ClF3N2O2. The molecule has 0 heterocycles. The number of carbonyl (C=O) groups is 2. The van der Waals surface area contributed by atoms with Gasteiger partial charge in [-0.25, -0.2) is 0 Å². The van der Waals surface area contributed by atoms with Crippen LogP contribution >= 0.6 is 11.6 Å². The van der Waals surface area contributed by atoms with E-state index in [1.165, 1.54) is 12.1 Å². The SMILES string of the molecule is NC(=O)[C@@H](Cc1ccccc1Cl)NC(=O)c1ccccc1C(F)(F)F. The molecule has 0 spiro atoms. The molecule has 8 heteroatoms. The van der Waals surface area contributed by atoms with E-state index >= 15 is 0 Å². The number of alkyl halides is 3. The highest BCUT2D eigenvalue weighted by atomic mass is 35.5. The van der Waals surface area contributed by atoms with E-state index in [2.05, 4.69) is 5.32 Å². The Morgan fingerprint density at radius 1 is 1.08 bits per heavy atom. The number of hydrogen-bond acceptors (Lipinski definition) is 2. The smallest absolute Gasteiger partial charge is 0.368 e. The average molecular weight is 371 g/mol. The maximum Gasteiger partial charge on any atom is 0.417 e. The summed E-state index contributed by atoms with van der Waals surface area (Å²) >= 11 is 6.00. The van der Waals surface area contributed by atoms with Gasteiger partial charge in [-0.15, -0.1) is 0 Å². The maximum absolute atomic E-state index is 13.0. The Labute approximate surface area is 146 Å². The van der Waals surface area contributed by atoms with Gasteiger partial charge in [0.05, 0.1) is 11.1 Å². The van der Waals surface area contributed by atoms with Crippen LogP contribution in [-0.2, 0) is 17.4 Å². The molecule has 0 aromatic heterocycles. The fourth-order valence-corrected chi connectivity index (χ4v) is 2.48. The Bertz CT molecular complexity index is 793. The summed E-state index contributed by atoms with van der Waals surface area (Å²) in [6.45, 7) is 0. The van der Waals surface area contributed by atoms with Crippen molar-refractivity contribution in [3.05, 3.63) is 70.2 Å². The summed E-state index contributed by atoms with van der Waals surface area (Å²) in [7, 11) is 0. The molecule has 0 aliphatic heterocycles. The minimum absolute atomic E-state index is 0.0328. The van der Waals surface area contributed by atoms with Gasteiger partial charge in [-0.1, -0.05) is 41.9 Å². The first-order valence-corrected chi connectivity index (χ1v) is 7.57. The zero-order valence-corrected chi connectivity index (χ0v) is 13.6. The summed E-state index contributed by atoms with van der Waals surface area (Å²) in [5.41, 5.74) is 4.13. The Balaban J connectivity index is 2.25.